The first-order valence-corrected chi connectivity index (χ1v) is 10.8. The summed E-state index contributed by atoms with van der Waals surface area (Å²) in [7, 11) is 1.68. The molecule has 0 unspecified atom stereocenters. The van der Waals surface area contributed by atoms with Crippen LogP contribution in [0.1, 0.15) is 18.7 Å². The molecule has 1 saturated carbocycles. The largest absolute Gasteiger partial charge is 0.497 e. The monoisotopic (exact) mass is 420 g/mol. The Kier molecular flexibility index (Phi) is 5.57. The number of ether oxygens (including phenoxy) is 1. The lowest BCUT2D eigenvalue weighted by atomic mass is 9.77. The molecule has 5 rings (SSSR count). The summed E-state index contributed by atoms with van der Waals surface area (Å²) in [6.07, 6.45) is 10.3. The number of rotatable bonds is 6. The predicted octanol–water partition coefficient (Wildman–Crippen LogP) is 2.35. The van der Waals surface area contributed by atoms with Crippen LogP contribution in [0, 0.1) is 11.8 Å². The van der Waals surface area contributed by atoms with Crippen molar-refractivity contribution in [2.24, 2.45) is 11.8 Å². The Bertz CT molecular complexity index is 993. The fourth-order valence-corrected chi connectivity index (χ4v) is 5.00. The van der Waals surface area contributed by atoms with Crippen LogP contribution in [-0.4, -0.2) is 61.9 Å². The quantitative estimate of drug-likeness (QED) is 0.633. The molecule has 2 aliphatic rings. The Morgan fingerprint density at radius 3 is 2.61 bits per heavy atom. The van der Waals surface area contributed by atoms with Gasteiger partial charge in [0.1, 0.15) is 17.4 Å². The lowest BCUT2D eigenvalue weighted by Crippen LogP contribution is -2.43. The maximum Gasteiger partial charge on any atom is 0.144 e. The van der Waals surface area contributed by atoms with Crippen molar-refractivity contribution in [3.8, 4) is 11.4 Å². The first-order chi connectivity index (χ1) is 15.2. The van der Waals surface area contributed by atoms with E-state index in [2.05, 4.69) is 29.7 Å². The number of fused-ring (bicyclic) bond motifs is 1. The molecule has 1 saturated heterocycles. The van der Waals surface area contributed by atoms with E-state index in [4.69, 9.17) is 4.74 Å². The van der Waals surface area contributed by atoms with Crippen LogP contribution in [0.25, 0.3) is 5.69 Å². The predicted molar refractivity (Wildman–Crippen MR) is 117 cm³/mol. The number of aliphatic hydroxyl groups is 1. The molecule has 1 aromatic carbocycles. The van der Waals surface area contributed by atoms with Gasteiger partial charge >= 0.3 is 0 Å². The molecule has 1 aliphatic heterocycles. The van der Waals surface area contributed by atoms with Gasteiger partial charge in [-0.15, -0.1) is 0 Å². The Balaban J connectivity index is 1.24. The third kappa shape index (κ3) is 4.26. The minimum Gasteiger partial charge on any atom is -0.497 e. The van der Waals surface area contributed by atoms with Crippen LogP contribution in [0.4, 0.5) is 5.82 Å². The molecule has 0 amide bonds. The molecule has 2 N–H and O–H groups in total. The van der Waals surface area contributed by atoms with E-state index in [-0.39, 0.29) is 12.1 Å². The second kappa shape index (κ2) is 8.64. The summed E-state index contributed by atoms with van der Waals surface area (Å²) in [4.78, 5) is 15.5. The van der Waals surface area contributed by atoms with Crippen LogP contribution in [0.15, 0.2) is 55.2 Å². The molecule has 4 atom stereocenters. The highest BCUT2D eigenvalue weighted by Crippen LogP contribution is 2.38. The number of imidazole rings is 1. The van der Waals surface area contributed by atoms with Gasteiger partial charge in [0.15, 0.2) is 0 Å². The number of likely N-dealkylation sites (tertiary alicyclic amines) is 1. The highest BCUT2D eigenvalue weighted by Gasteiger charge is 2.42. The van der Waals surface area contributed by atoms with Crippen molar-refractivity contribution in [3.05, 3.63) is 61.1 Å². The van der Waals surface area contributed by atoms with E-state index in [1.54, 1.807) is 25.7 Å². The van der Waals surface area contributed by atoms with Gasteiger partial charge in [0.05, 0.1) is 32.0 Å². The van der Waals surface area contributed by atoms with Gasteiger partial charge in [-0.25, -0.2) is 9.97 Å². The summed E-state index contributed by atoms with van der Waals surface area (Å²) in [6.45, 7) is 2.81. The SMILES string of the molecule is COc1ccc(-n2ccnc2CN2C[C@H]3C[C@@H](Nc4cnccn4)[C@H](O)C[C@H]3C2)cc1. The van der Waals surface area contributed by atoms with Crippen LogP contribution in [-0.2, 0) is 6.54 Å². The van der Waals surface area contributed by atoms with Gasteiger partial charge in [-0.2, -0.15) is 0 Å². The zero-order valence-corrected chi connectivity index (χ0v) is 17.6. The molecule has 3 aromatic rings. The molecule has 1 aliphatic carbocycles. The minimum absolute atomic E-state index is 0.0131. The number of methoxy groups -OCH3 is 1. The van der Waals surface area contributed by atoms with E-state index in [0.29, 0.717) is 11.8 Å². The molecule has 8 heteroatoms. The van der Waals surface area contributed by atoms with Crippen molar-refractivity contribution in [3.63, 3.8) is 0 Å². The van der Waals surface area contributed by atoms with Gasteiger partial charge in [-0.1, -0.05) is 0 Å². The van der Waals surface area contributed by atoms with Crippen LogP contribution >= 0.6 is 0 Å². The Morgan fingerprint density at radius 1 is 1.06 bits per heavy atom. The molecule has 0 spiro atoms. The number of nitrogens with zero attached hydrogens (tertiary/aromatic N) is 5. The molecule has 31 heavy (non-hydrogen) atoms. The Labute approximate surface area is 181 Å². The smallest absolute Gasteiger partial charge is 0.144 e. The molecule has 2 fully saturated rings. The highest BCUT2D eigenvalue weighted by molar-refractivity contribution is 5.38. The summed E-state index contributed by atoms with van der Waals surface area (Å²) in [5.41, 5.74) is 1.08. The summed E-state index contributed by atoms with van der Waals surface area (Å²) in [6, 6.07) is 8.04. The van der Waals surface area contributed by atoms with E-state index in [1.165, 1.54) is 0 Å². The summed E-state index contributed by atoms with van der Waals surface area (Å²) >= 11 is 0. The van der Waals surface area contributed by atoms with Crippen LogP contribution in [0.2, 0.25) is 0 Å². The molecule has 0 radical (unpaired) electrons. The second-order valence-electron chi connectivity index (χ2n) is 8.51. The highest BCUT2D eigenvalue weighted by atomic mass is 16.5. The standard InChI is InChI=1S/C23H28N6O2/c1-31-19-4-2-18(3-5-19)29-9-8-26-23(29)15-28-13-16-10-20(21(30)11-17(16)14-28)27-22-12-24-6-7-25-22/h2-9,12,16-17,20-21,30H,10-11,13-15H2,1H3,(H,25,27)/t16-,17+,20-,21-/m1/s1. The molecule has 162 valence electrons. The van der Waals surface area contributed by atoms with Crippen molar-refractivity contribution in [2.45, 2.75) is 31.5 Å². The number of anilines is 1. The van der Waals surface area contributed by atoms with Crippen LogP contribution in [0.3, 0.4) is 0 Å². The lowest BCUT2D eigenvalue weighted by Gasteiger charge is -2.35. The molecule has 8 nitrogen and oxygen atoms in total. The maximum absolute atomic E-state index is 10.7. The van der Waals surface area contributed by atoms with Crippen LogP contribution < -0.4 is 10.1 Å². The van der Waals surface area contributed by atoms with Gasteiger partial charge < -0.3 is 19.7 Å². The number of nitrogens with one attached hydrogen (secondary N) is 1. The van der Waals surface area contributed by atoms with Gasteiger partial charge in [-0.3, -0.25) is 9.88 Å². The summed E-state index contributed by atoms with van der Waals surface area (Å²) in [5.74, 6) is 3.67. The van der Waals surface area contributed by atoms with Crippen molar-refractivity contribution in [2.75, 3.05) is 25.5 Å². The van der Waals surface area contributed by atoms with Crippen molar-refractivity contribution < 1.29 is 9.84 Å². The van der Waals surface area contributed by atoms with Crippen LogP contribution in [0.5, 0.6) is 5.75 Å². The maximum atomic E-state index is 10.7. The van der Waals surface area contributed by atoms with Gasteiger partial charge in [-0.05, 0) is 48.9 Å². The van der Waals surface area contributed by atoms with E-state index >= 15 is 0 Å². The second-order valence-corrected chi connectivity index (χ2v) is 8.51. The van der Waals surface area contributed by atoms with Gasteiger partial charge in [0.2, 0.25) is 0 Å². The lowest BCUT2D eigenvalue weighted by molar-refractivity contribution is 0.0735. The van der Waals surface area contributed by atoms with Crippen molar-refractivity contribution in [1.82, 2.24) is 24.4 Å². The number of aliphatic hydroxyl groups excluding tert-OH is 1. The third-order valence-corrected chi connectivity index (χ3v) is 6.55. The Morgan fingerprint density at radius 2 is 1.87 bits per heavy atom. The summed E-state index contributed by atoms with van der Waals surface area (Å²) < 4.78 is 7.40. The summed E-state index contributed by atoms with van der Waals surface area (Å²) in [5, 5.41) is 14.1. The zero-order chi connectivity index (χ0) is 21.2. The van der Waals surface area contributed by atoms with Crippen molar-refractivity contribution >= 4 is 5.82 Å². The topological polar surface area (TPSA) is 88.3 Å². The van der Waals surface area contributed by atoms with Crippen molar-refractivity contribution in [1.29, 1.82) is 0 Å². The number of hydrogen-bond acceptors (Lipinski definition) is 7. The zero-order valence-electron chi connectivity index (χ0n) is 17.6. The average Bonchev–Trinajstić information content (AvgIpc) is 3.41. The van der Waals surface area contributed by atoms with E-state index < -0.39 is 0 Å². The van der Waals surface area contributed by atoms with Gasteiger partial charge in [0.25, 0.3) is 0 Å². The number of benzene rings is 1. The third-order valence-electron chi connectivity index (χ3n) is 6.55. The molecule has 0 bridgehead atoms. The first kappa shape index (κ1) is 20.0. The number of hydrogen-bond donors (Lipinski definition) is 2. The van der Waals surface area contributed by atoms with E-state index in [1.807, 2.05) is 36.7 Å². The average molecular weight is 421 g/mol. The normalized spacial score (nSPS) is 25.9. The minimum atomic E-state index is -0.371. The fraction of sp³-hybridized carbons (Fsp3) is 0.435. The van der Waals surface area contributed by atoms with Gasteiger partial charge in [0, 0.05) is 43.6 Å². The molecule has 2 aromatic heterocycles. The molecular weight excluding hydrogens is 392 g/mol. The molecule has 3 heterocycles. The first-order valence-electron chi connectivity index (χ1n) is 10.8. The van der Waals surface area contributed by atoms with E-state index in [0.717, 1.165) is 55.6 Å². The Hall–Kier alpha value is -2.97. The molecular formula is C23H28N6O2. The van der Waals surface area contributed by atoms with E-state index in [9.17, 15) is 5.11 Å². The fourth-order valence-electron chi connectivity index (χ4n) is 5.00. The number of aromatic nitrogens is 4.